The smallest absolute Gasteiger partial charge is 0.332 e. The van der Waals surface area contributed by atoms with E-state index in [2.05, 4.69) is 20.8 Å². The van der Waals surface area contributed by atoms with Crippen LogP contribution in [0.3, 0.4) is 0 Å². The third-order valence-electron chi connectivity index (χ3n) is 8.27. The van der Waals surface area contributed by atoms with Gasteiger partial charge in [0, 0.05) is 6.42 Å². The van der Waals surface area contributed by atoms with Crippen molar-refractivity contribution in [3.8, 4) is 0 Å². The first-order valence-corrected chi connectivity index (χ1v) is 19.1. The van der Waals surface area contributed by atoms with Crippen LogP contribution in [0.5, 0.6) is 0 Å². The third kappa shape index (κ3) is 30.1. The van der Waals surface area contributed by atoms with Gasteiger partial charge in [-0.05, 0) is 72.0 Å². The maximum absolute atomic E-state index is 12.7. The van der Waals surface area contributed by atoms with E-state index >= 15 is 0 Å². The predicted octanol–water partition coefficient (Wildman–Crippen LogP) is 8.59. The van der Waals surface area contributed by atoms with Gasteiger partial charge in [0.05, 0.1) is 13.2 Å². The first kappa shape index (κ1) is 45.3. The fraction of sp³-hybridized carbons (Fsp3) is 0.921. The highest BCUT2D eigenvalue weighted by atomic mass is 16.6. The SMILES string of the molecule is CCCCCCCC(CC)OC(=O)COCC(COCC(=O)OC(CCCCCCC)CCCCCCC)OC(=O)CCCN(C)C. The molecule has 47 heavy (non-hydrogen) atoms. The maximum atomic E-state index is 12.7. The van der Waals surface area contributed by atoms with Crippen LogP contribution in [0.2, 0.25) is 0 Å². The van der Waals surface area contributed by atoms with Crippen LogP contribution in [-0.4, -0.2) is 88.2 Å². The van der Waals surface area contributed by atoms with Gasteiger partial charge < -0.3 is 28.6 Å². The van der Waals surface area contributed by atoms with Crippen molar-refractivity contribution in [2.75, 3.05) is 47.1 Å². The van der Waals surface area contributed by atoms with Crippen LogP contribution in [0.1, 0.15) is 163 Å². The topological polar surface area (TPSA) is 101 Å². The number of rotatable bonds is 34. The number of carbonyl (C=O) groups is 3. The molecule has 0 heterocycles. The molecule has 0 aromatic carbocycles. The summed E-state index contributed by atoms with van der Waals surface area (Å²) in [5, 5.41) is 0. The monoisotopic (exact) mass is 672 g/mol. The summed E-state index contributed by atoms with van der Waals surface area (Å²) in [5.74, 6) is -1.20. The number of hydrogen-bond donors (Lipinski definition) is 0. The Hall–Kier alpha value is -1.71. The molecule has 0 bridgehead atoms. The van der Waals surface area contributed by atoms with Gasteiger partial charge in [-0.1, -0.05) is 105 Å². The van der Waals surface area contributed by atoms with Crippen LogP contribution in [0, 0.1) is 0 Å². The van der Waals surface area contributed by atoms with Gasteiger partial charge in [-0.15, -0.1) is 0 Å². The van der Waals surface area contributed by atoms with E-state index in [-0.39, 0.29) is 51.0 Å². The lowest BCUT2D eigenvalue weighted by Crippen LogP contribution is -2.32. The van der Waals surface area contributed by atoms with Crippen molar-refractivity contribution in [3.63, 3.8) is 0 Å². The molecule has 9 heteroatoms. The molecule has 0 radical (unpaired) electrons. The standard InChI is InChI=1S/C38H73NO8/c1-7-11-14-17-20-24-33(10-4)45-37(41)31-43-29-35(47-36(40)27-23-28-39(5)6)30-44-32-38(42)46-34(25-21-18-15-12-8-2)26-22-19-16-13-9-3/h33-35H,7-32H2,1-6H3. The number of hydrogen-bond acceptors (Lipinski definition) is 9. The van der Waals surface area contributed by atoms with Crippen molar-refractivity contribution >= 4 is 17.9 Å². The van der Waals surface area contributed by atoms with E-state index in [1.807, 2.05) is 25.9 Å². The van der Waals surface area contributed by atoms with E-state index in [9.17, 15) is 14.4 Å². The summed E-state index contributed by atoms with van der Waals surface area (Å²) in [7, 11) is 3.90. The van der Waals surface area contributed by atoms with Gasteiger partial charge in [0.2, 0.25) is 0 Å². The second kappa shape index (κ2) is 32.8. The molecule has 0 aliphatic carbocycles. The molecule has 0 amide bonds. The van der Waals surface area contributed by atoms with Crippen LogP contribution in [0.25, 0.3) is 0 Å². The van der Waals surface area contributed by atoms with Gasteiger partial charge in [-0.25, -0.2) is 9.59 Å². The van der Waals surface area contributed by atoms with Gasteiger partial charge in [-0.2, -0.15) is 0 Å². The average molecular weight is 672 g/mol. The Morgan fingerprint density at radius 2 is 0.894 bits per heavy atom. The Morgan fingerprint density at radius 3 is 1.32 bits per heavy atom. The Kier molecular flexibility index (Phi) is 31.6. The molecule has 0 N–H and O–H groups in total. The van der Waals surface area contributed by atoms with Crippen LogP contribution >= 0.6 is 0 Å². The van der Waals surface area contributed by atoms with Crippen molar-refractivity contribution in [1.29, 1.82) is 0 Å². The van der Waals surface area contributed by atoms with Crippen molar-refractivity contribution < 1.29 is 38.1 Å². The minimum absolute atomic E-state index is 0.0301. The normalized spacial score (nSPS) is 12.8. The van der Waals surface area contributed by atoms with Crippen molar-refractivity contribution in [1.82, 2.24) is 4.90 Å². The first-order chi connectivity index (χ1) is 22.7. The summed E-state index contributed by atoms with van der Waals surface area (Å²) in [4.78, 5) is 39.7. The fourth-order valence-corrected chi connectivity index (χ4v) is 5.42. The van der Waals surface area contributed by atoms with Gasteiger partial charge in [0.25, 0.3) is 0 Å². The van der Waals surface area contributed by atoms with Crippen LogP contribution in [0.15, 0.2) is 0 Å². The summed E-state index contributed by atoms with van der Waals surface area (Å²) >= 11 is 0. The molecule has 9 nitrogen and oxygen atoms in total. The molecular weight excluding hydrogens is 598 g/mol. The summed E-state index contributed by atoms with van der Waals surface area (Å²) in [5.41, 5.74) is 0. The van der Waals surface area contributed by atoms with Crippen molar-refractivity contribution in [2.24, 2.45) is 0 Å². The molecule has 0 aliphatic rings. The van der Waals surface area contributed by atoms with Gasteiger partial charge >= 0.3 is 17.9 Å². The Balaban J connectivity index is 4.87. The lowest BCUT2D eigenvalue weighted by Gasteiger charge is -2.20. The fourth-order valence-electron chi connectivity index (χ4n) is 5.42. The van der Waals surface area contributed by atoms with Crippen LogP contribution in [-0.2, 0) is 38.1 Å². The van der Waals surface area contributed by atoms with E-state index in [1.165, 1.54) is 57.8 Å². The van der Waals surface area contributed by atoms with Crippen molar-refractivity contribution in [3.05, 3.63) is 0 Å². The number of nitrogens with zero attached hydrogens (tertiary/aromatic N) is 1. The van der Waals surface area contributed by atoms with Gasteiger partial charge in [0.1, 0.15) is 31.5 Å². The lowest BCUT2D eigenvalue weighted by atomic mass is 10.0. The first-order valence-electron chi connectivity index (χ1n) is 19.1. The number of esters is 3. The zero-order chi connectivity index (χ0) is 35.0. The molecule has 0 aliphatic heterocycles. The summed E-state index contributed by atoms with van der Waals surface area (Å²) in [6, 6.07) is 0. The Morgan fingerprint density at radius 1 is 0.489 bits per heavy atom. The van der Waals surface area contributed by atoms with E-state index in [4.69, 9.17) is 23.7 Å². The number of ether oxygens (including phenoxy) is 5. The zero-order valence-corrected chi connectivity index (χ0v) is 31.3. The van der Waals surface area contributed by atoms with E-state index < -0.39 is 18.0 Å². The molecule has 0 aromatic heterocycles. The van der Waals surface area contributed by atoms with Crippen LogP contribution < -0.4 is 0 Å². The lowest BCUT2D eigenvalue weighted by molar-refractivity contribution is -0.164. The average Bonchev–Trinajstić information content (AvgIpc) is 3.03. The minimum Gasteiger partial charge on any atom is -0.461 e. The molecule has 2 unspecified atom stereocenters. The molecule has 0 aromatic rings. The summed E-state index contributed by atoms with van der Waals surface area (Å²) in [6.07, 6.45) is 20.8. The molecule has 0 saturated heterocycles. The highest BCUT2D eigenvalue weighted by molar-refractivity contribution is 5.71. The van der Waals surface area contributed by atoms with Gasteiger partial charge in [-0.3, -0.25) is 4.79 Å². The number of unbranched alkanes of at least 4 members (excludes halogenated alkanes) is 12. The Bertz CT molecular complexity index is 733. The molecule has 0 saturated carbocycles. The van der Waals surface area contributed by atoms with E-state index in [1.54, 1.807) is 0 Å². The summed E-state index contributed by atoms with van der Waals surface area (Å²) < 4.78 is 28.4. The molecule has 0 rings (SSSR count). The van der Waals surface area contributed by atoms with Crippen molar-refractivity contribution in [2.45, 2.75) is 181 Å². The number of carbonyl (C=O) groups excluding carboxylic acids is 3. The quantitative estimate of drug-likeness (QED) is 0.0378. The van der Waals surface area contributed by atoms with E-state index in [0.717, 1.165) is 70.8 Å². The second-order valence-electron chi connectivity index (χ2n) is 13.3. The largest absolute Gasteiger partial charge is 0.461 e. The predicted molar refractivity (Wildman–Crippen MR) is 189 cm³/mol. The van der Waals surface area contributed by atoms with Crippen LogP contribution in [0.4, 0.5) is 0 Å². The maximum Gasteiger partial charge on any atom is 0.332 e. The van der Waals surface area contributed by atoms with E-state index in [0.29, 0.717) is 6.42 Å². The molecule has 278 valence electrons. The zero-order valence-electron chi connectivity index (χ0n) is 31.3. The van der Waals surface area contributed by atoms with Gasteiger partial charge in [0.15, 0.2) is 0 Å². The third-order valence-corrected chi connectivity index (χ3v) is 8.27. The molecule has 2 atom stereocenters. The molecule has 0 fully saturated rings. The molecular formula is C38H73NO8. The Labute approximate surface area is 288 Å². The highest BCUT2D eigenvalue weighted by Crippen LogP contribution is 2.17. The summed E-state index contributed by atoms with van der Waals surface area (Å²) in [6.45, 7) is 8.86. The molecule has 0 spiro atoms. The minimum atomic E-state index is -0.754. The second-order valence-corrected chi connectivity index (χ2v) is 13.3. The highest BCUT2D eigenvalue weighted by Gasteiger charge is 2.20.